The van der Waals surface area contributed by atoms with Crippen molar-refractivity contribution in [1.82, 2.24) is 4.72 Å². The summed E-state index contributed by atoms with van der Waals surface area (Å²) in [5.74, 6) is 0.0184. The molecule has 0 radical (unpaired) electrons. The summed E-state index contributed by atoms with van der Waals surface area (Å²) >= 11 is 3.93. The molecule has 0 saturated heterocycles. The van der Waals surface area contributed by atoms with Gasteiger partial charge >= 0.3 is 5.97 Å². The highest BCUT2D eigenvalue weighted by Gasteiger charge is 2.14. The van der Waals surface area contributed by atoms with E-state index in [4.69, 9.17) is 5.11 Å². The molecule has 2 N–H and O–H groups in total. The topological polar surface area (TPSA) is 49.3 Å². The van der Waals surface area contributed by atoms with Crippen molar-refractivity contribution >= 4 is 28.6 Å². The van der Waals surface area contributed by atoms with Gasteiger partial charge in [-0.3, -0.25) is 9.52 Å². The number of hydrogen-bond acceptors (Lipinski definition) is 4. The maximum atomic E-state index is 10.5. The number of nitrogens with one attached hydrogen (secondary N) is 1. The third-order valence-corrected chi connectivity index (χ3v) is 2.39. The van der Waals surface area contributed by atoms with Gasteiger partial charge in [0, 0.05) is 13.0 Å². The van der Waals surface area contributed by atoms with E-state index in [2.05, 4.69) is 30.2 Å². The highest BCUT2D eigenvalue weighted by atomic mass is 33.1. The molecule has 0 bridgehead atoms. The van der Waals surface area contributed by atoms with Crippen LogP contribution in [0.25, 0.3) is 0 Å². The number of rotatable bonds is 7. The van der Waals surface area contributed by atoms with Crippen molar-refractivity contribution in [1.29, 1.82) is 0 Å². The molecule has 3 nitrogen and oxygen atoms in total. The second-order valence-corrected chi connectivity index (χ2v) is 4.55. The molecule has 0 aliphatic rings. The largest absolute Gasteiger partial charge is 0.481 e. The summed E-state index contributed by atoms with van der Waals surface area (Å²) in [5.41, 5.74) is 0. The van der Waals surface area contributed by atoms with Crippen LogP contribution in [-0.2, 0) is 4.79 Å². The van der Waals surface area contributed by atoms with Gasteiger partial charge in [0.25, 0.3) is 0 Å². The molecule has 0 saturated carbocycles. The van der Waals surface area contributed by atoms with E-state index >= 15 is 0 Å². The van der Waals surface area contributed by atoms with E-state index in [9.17, 15) is 4.79 Å². The molecule has 5 heteroatoms. The Kier molecular flexibility index (Phi) is 7.60. The molecule has 0 aliphatic carbocycles. The van der Waals surface area contributed by atoms with Gasteiger partial charge in [-0.1, -0.05) is 25.5 Å². The third-order valence-electron chi connectivity index (χ3n) is 1.70. The quantitative estimate of drug-likeness (QED) is 0.352. The summed E-state index contributed by atoms with van der Waals surface area (Å²) < 4.78 is 2.98. The monoisotopic (exact) mass is 223 g/mol. The molecule has 0 unspecified atom stereocenters. The van der Waals surface area contributed by atoms with E-state index in [0.717, 1.165) is 6.42 Å². The van der Waals surface area contributed by atoms with Crippen LogP contribution in [0.5, 0.6) is 0 Å². The Morgan fingerprint density at radius 3 is 2.62 bits per heavy atom. The van der Waals surface area contributed by atoms with Crippen LogP contribution in [-0.4, -0.2) is 17.6 Å². The van der Waals surface area contributed by atoms with Crippen LogP contribution in [0.4, 0.5) is 0 Å². The van der Waals surface area contributed by atoms with E-state index in [-0.39, 0.29) is 12.3 Å². The average Bonchev–Trinajstić information content (AvgIpc) is 1.98. The van der Waals surface area contributed by atoms with E-state index in [1.165, 1.54) is 11.0 Å². The van der Waals surface area contributed by atoms with Gasteiger partial charge in [0.1, 0.15) is 0 Å². The Balaban J connectivity index is 3.80. The van der Waals surface area contributed by atoms with Crippen LogP contribution < -0.4 is 4.72 Å². The maximum Gasteiger partial charge on any atom is 0.303 e. The fourth-order valence-corrected chi connectivity index (χ4v) is 1.84. The molecule has 0 fully saturated rings. The van der Waals surface area contributed by atoms with Gasteiger partial charge in [0.05, 0.1) is 0 Å². The Morgan fingerprint density at radius 2 is 2.23 bits per heavy atom. The zero-order chi connectivity index (χ0) is 10.3. The first-order chi connectivity index (χ1) is 6.06. The molecule has 0 spiro atoms. The lowest BCUT2D eigenvalue weighted by Crippen LogP contribution is -2.21. The summed E-state index contributed by atoms with van der Waals surface area (Å²) in [6.07, 6.45) is 1.17. The first-order valence-electron chi connectivity index (χ1n) is 4.31. The first kappa shape index (κ1) is 13.1. The van der Waals surface area contributed by atoms with Crippen molar-refractivity contribution < 1.29 is 9.90 Å². The third kappa shape index (κ3) is 8.46. The SMILES string of the molecule is CC(C)C[C@H](CNSS)CC(=O)O. The van der Waals surface area contributed by atoms with Crippen LogP contribution in [0.15, 0.2) is 0 Å². The van der Waals surface area contributed by atoms with Crippen molar-refractivity contribution in [2.75, 3.05) is 6.54 Å². The summed E-state index contributed by atoms with van der Waals surface area (Å²) in [6, 6.07) is 0. The number of aliphatic carboxylic acids is 1. The Morgan fingerprint density at radius 1 is 1.62 bits per heavy atom. The van der Waals surface area contributed by atoms with Gasteiger partial charge < -0.3 is 5.11 Å². The van der Waals surface area contributed by atoms with Crippen LogP contribution in [0, 0.1) is 11.8 Å². The lowest BCUT2D eigenvalue weighted by Gasteiger charge is -2.16. The molecule has 78 valence electrons. The van der Waals surface area contributed by atoms with Crippen LogP contribution >= 0.6 is 22.6 Å². The second kappa shape index (κ2) is 7.53. The fourth-order valence-electron chi connectivity index (χ4n) is 1.31. The van der Waals surface area contributed by atoms with Crippen molar-refractivity contribution in [2.24, 2.45) is 11.8 Å². The summed E-state index contributed by atoms with van der Waals surface area (Å²) in [4.78, 5) is 10.5. The summed E-state index contributed by atoms with van der Waals surface area (Å²) in [7, 11) is 1.24. The van der Waals surface area contributed by atoms with Gasteiger partial charge in [-0.15, -0.1) is 0 Å². The van der Waals surface area contributed by atoms with Gasteiger partial charge in [0.15, 0.2) is 0 Å². The second-order valence-electron chi connectivity index (χ2n) is 3.53. The molecule has 0 aliphatic heterocycles. The lowest BCUT2D eigenvalue weighted by molar-refractivity contribution is -0.138. The molecular formula is C8H17NO2S2. The van der Waals surface area contributed by atoms with Crippen molar-refractivity contribution in [3.8, 4) is 0 Å². The van der Waals surface area contributed by atoms with Crippen LogP contribution in [0.2, 0.25) is 0 Å². The van der Waals surface area contributed by atoms with Crippen molar-refractivity contribution in [2.45, 2.75) is 26.7 Å². The molecule has 0 amide bonds. The summed E-state index contributed by atoms with van der Waals surface area (Å²) in [5, 5.41) is 8.64. The molecule has 0 aromatic heterocycles. The lowest BCUT2D eigenvalue weighted by atomic mass is 9.94. The number of carboxylic acid groups (broad SMARTS) is 1. The van der Waals surface area contributed by atoms with E-state index in [0.29, 0.717) is 12.5 Å². The average molecular weight is 223 g/mol. The molecule has 13 heavy (non-hydrogen) atoms. The van der Waals surface area contributed by atoms with Gasteiger partial charge in [0.2, 0.25) is 0 Å². The predicted molar refractivity (Wildman–Crippen MR) is 59.8 cm³/mol. The molecular weight excluding hydrogens is 206 g/mol. The van der Waals surface area contributed by atoms with Crippen molar-refractivity contribution in [3.63, 3.8) is 0 Å². The Bertz CT molecular complexity index is 153. The summed E-state index contributed by atoms with van der Waals surface area (Å²) in [6.45, 7) is 4.91. The smallest absolute Gasteiger partial charge is 0.303 e. The Hall–Kier alpha value is 0.130. The standard InChI is InChI=1S/C8H17NO2S2/c1-6(2)3-7(4-8(10)11)5-9-13-12/h6-7,9,12H,3-5H2,1-2H3,(H,10,11)/t7-/m0/s1. The van der Waals surface area contributed by atoms with Gasteiger partial charge in [-0.2, -0.15) is 0 Å². The van der Waals surface area contributed by atoms with E-state index < -0.39 is 5.97 Å². The fraction of sp³-hybridized carbons (Fsp3) is 0.875. The van der Waals surface area contributed by atoms with E-state index in [1.807, 2.05) is 0 Å². The minimum Gasteiger partial charge on any atom is -0.481 e. The number of carbonyl (C=O) groups is 1. The van der Waals surface area contributed by atoms with Crippen LogP contribution in [0.3, 0.4) is 0 Å². The number of carboxylic acids is 1. The number of hydrogen-bond donors (Lipinski definition) is 3. The Labute approximate surface area is 88.6 Å². The predicted octanol–water partition coefficient (Wildman–Crippen LogP) is 2.21. The maximum absolute atomic E-state index is 10.5. The highest BCUT2D eigenvalue weighted by molar-refractivity contribution is 8.67. The molecule has 0 aromatic rings. The molecule has 1 atom stereocenters. The van der Waals surface area contributed by atoms with Crippen molar-refractivity contribution in [3.05, 3.63) is 0 Å². The van der Waals surface area contributed by atoms with Gasteiger partial charge in [-0.05, 0) is 29.2 Å². The van der Waals surface area contributed by atoms with E-state index in [1.54, 1.807) is 0 Å². The first-order valence-corrected chi connectivity index (χ1v) is 6.18. The molecule has 0 rings (SSSR count). The molecule has 0 aromatic carbocycles. The number of thiol groups is 1. The molecule has 0 heterocycles. The minimum atomic E-state index is -0.725. The van der Waals surface area contributed by atoms with Crippen LogP contribution in [0.1, 0.15) is 26.7 Å². The highest BCUT2D eigenvalue weighted by Crippen LogP contribution is 2.15. The zero-order valence-corrected chi connectivity index (χ0v) is 9.70. The normalized spacial score (nSPS) is 13.2. The van der Waals surface area contributed by atoms with Gasteiger partial charge in [-0.25, -0.2) is 0 Å². The zero-order valence-electron chi connectivity index (χ0n) is 7.99. The minimum absolute atomic E-state index is 0.206.